The molecule has 0 fully saturated rings. The number of nitrogens with one attached hydrogen (secondary N) is 2. The van der Waals surface area contributed by atoms with E-state index in [0.717, 1.165) is 41.3 Å². The molecule has 0 spiro atoms. The van der Waals surface area contributed by atoms with Gasteiger partial charge in [-0.3, -0.25) is 38.1 Å². The van der Waals surface area contributed by atoms with Gasteiger partial charge in [-0.25, -0.2) is 13.6 Å². The van der Waals surface area contributed by atoms with Crippen molar-refractivity contribution < 1.29 is 87.1 Å². The lowest BCUT2D eigenvalue weighted by atomic mass is 9.79. The van der Waals surface area contributed by atoms with Gasteiger partial charge < -0.3 is 10.2 Å². The van der Waals surface area contributed by atoms with E-state index in [1.807, 2.05) is 39.0 Å². The van der Waals surface area contributed by atoms with Crippen LogP contribution in [0.2, 0.25) is 0 Å². The molecule has 0 saturated carbocycles. The lowest BCUT2D eigenvalue weighted by molar-refractivity contribution is -0.438. The molecule has 0 atom stereocenters. The monoisotopic (exact) mass is 1370 g/mol. The lowest BCUT2D eigenvalue weighted by Gasteiger charge is -2.27. The second kappa shape index (κ2) is 25.8. The van der Waals surface area contributed by atoms with Crippen molar-refractivity contribution in [3.05, 3.63) is 161 Å². The van der Waals surface area contributed by atoms with Crippen molar-refractivity contribution in [2.75, 3.05) is 29.1 Å². The van der Waals surface area contributed by atoms with Crippen LogP contribution in [0, 0.1) is 0 Å². The number of rotatable bonds is 20. The number of hydrogen-bond donors (Lipinski definition) is 7. The maximum atomic E-state index is 13.7. The summed E-state index contributed by atoms with van der Waals surface area (Å²) in [5.41, 5.74) is 3.30. The van der Waals surface area contributed by atoms with E-state index >= 15 is 0 Å². The minimum atomic E-state index is -5.10. The van der Waals surface area contributed by atoms with E-state index in [4.69, 9.17) is 22.7 Å². The fraction of sp³-hybridized carbons (Fsp3) is 0.250. The molecule has 0 radical (unpaired) electrons. The van der Waals surface area contributed by atoms with Crippen molar-refractivity contribution in [2.45, 2.75) is 90.3 Å². The van der Waals surface area contributed by atoms with Crippen molar-refractivity contribution in [3.8, 4) is 0 Å². The Morgan fingerprint density at radius 2 is 1.37 bits per heavy atom. The van der Waals surface area contributed by atoms with Gasteiger partial charge in [0.15, 0.2) is 5.71 Å². The predicted octanol–water partition coefficient (Wildman–Crippen LogP) is 6.58. The Morgan fingerprint density at radius 3 is 1.96 bits per heavy atom. The molecule has 8 N–H and O–H groups in total. The first kappa shape index (κ1) is 68.0. The van der Waals surface area contributed by atoms with Crippen LogP contribution in [0.15, 0.2) is 146 Å². The number of amides is 2. The molecule has 0 aliphatic carbocycles. The van der Waals surface area contributed by atoms with Crippen molar-refractivity contribution >= 4 is 134 Å². The number of nitrogens with two attached hydrogens (primary N) is 1. The number of aromatic nitrogens is 3. The Balaban J connectivity index is 0.00000254. The highest BCUT2D eigenvalue weighted by Crippen LogP contribution is 2.52. The first-order valence-corrected chi connectivity index (χ1v) is 36.0. The number of carbonyl (C=O) groups excluding carboxylic acids is 2. The molecular weight excluding hydrogens is 1310 g/mol. The van der Waals surface area contributed by atoms with Crippen LogP contribution in [0.3, 0.4) is 0 Å². The van der Waals surface area contributed by atoms with E-state index in [9.17, 15) is 69.9 Å². The molecule has 0 unspecified atom stereocenters. The number of pyridine rings is 1. The average Bonchev–Trinajstić information content (AvgIpc) is 1.53. The van der Waals surface area contributed by atoms with Gasteiger partial charge in [0.25, 0.3) is 62.3 Å². The maximum Gasteiger partial charge on any atom is 0.425 e. The highest BCUT2D eigenvalue weighted by molar-refractivity contribution is 7.91. The number of nitrogens with zero attached hydrogens (tertiary/aromatic N) is 5. The molecule has 4 heterocycles. The molecule has 476 valence electrons. The van der Waals surface area contributed by atoms with Crippen LogP contribution in [0.4, 0.5) is 16.5 Å². The van der Waals surface area contributed by atoms with Crippen LogP contribution in [0.5, 0.6) is 0 Å². The van der Waals surface area contributed by atoms with Gasteiger partial charge >= 0.3 is 10.6 Å². The Kier molecular flexibility index (Phi) is 19.5. The van der Waals surface area contributed by atoms with Gasteiger partial charge in [0, 0.05) is 76.7 Å². The van der Waals surface area contributed by atoms with E-state index in [1.54, 1.807) is 67.3 Å². The van der Waals surface area contributed by atoms with E-state index in [2.05, 4.69) is 25.4 Å². The number of allylic oxidation sites excluding steroid dienone is 6. The van der Waals surface area contributed by atoms with Crippen LogP contribution < -0.4 is 20.7 Å². The van der Waals surface area contributed by atoms with E-state index in [0.29, 0.717) is 63.1 Å². The van der Waals surface area contributed by atoms with Gasteiger partial charge in [0.1, 0.15) is 11.4 Å². The van der Waals surface area contributed by atoms with Gasteiger partial charge in [-0.15, -0.1) is 22.8 Å². The van der Waals surface area contributed by atoms with E-state index in [1.165, 1.54) is 42.6 Å². The van der Waals surface area contributed by atoms with Gasteiger partial charge in [-0.05, 0) is 120 Å². The molecule has 27 nitrogen and oxygen atoms in total. The molecule has 2 aliphatic rings. The Labute approximate surface area is 522 Å². The summed E-state index contributed by atoms with van der Waals surface area (Å²) in [4.78, 5) is 31.2. The molecule has 5 aromatic carbocycles. The summed E-state index contributed by atoms with van der Waals surface area (Å²) in [5.74, 6) is -1.77. The first-order chi connectivity index (χ1) is 41.8. The van der Waals surface area contributed by atoms with Crippen molar-refractivity contribution in [1.82, 2.24) is 20.5 Å². The Morgan fingerprint density at radius 1 is 0.722 bits per heavy atom. The second-order valence-corrected chi connectivity index (χ2v) is 30.5. The van der Waals surface area contributed by atoms with Crippen molar-refractivity contribution in [2.24, 2.45) is 5.14 Å². The number of carbonyl (C=O) groups is 2. The quantitative estimate of drug-likeness (QED) is 0.0183. The highest BCUT2D eigenvalue weighted by atomic mass is 32.3. The number of anilines is 2. The molecule has 7 aromatic rings. The van der Waals surface area contributed by atoms with Gasteiger partial charge in [0.2, 0.25) is 15.2 Å². The number of sulfonamides is 1. The summed E-state index contributed by atoms with van der Waals surface area (Å²) in [6.07, 6.45) is 9.94. The normalized spacial score (nSPS) is 15.5. The Bertz CT molecular complexity index is 4950. The third-order valence-electron chi connectivity index (χ3n) is 14.8. The molecule has 0 saturated heterocycles. The zero-order chi connectivity index (χ0) is 66.3. The molecular formula is C56H57N8O19S7+. The zero-order valence-corrected chi connectivity index (χ0v) is 53.8. The summed E-state index contributed by atoms with van der Waals surface area (Å²) in [7, 11) is -26.5. The van der Waals surface area contributed by atoms with Crippen LogP contribution in [0.25, 0.3) is 27.1 Å². The standard InChI is InChI=1S/C56H56N8O16S6.O3S/c1-6-7-25-63-44-21-15-34-13-18-38(84(72,73)74)28-41(34)49(44)55(2,3)47(63)23-16-35(43-20-14-37(32-58-43)51(65)59-31-33-9-11-36(12-10-33)52(66)60-53-61-62-54(81-53)83(57,70)71)17-24-48-56(4,5)50-42-29-39(85(75,76)77)30-46(86(78,79)80)40(42)19-22-45(50)64(48)26-8-27-82(67,68)69;1-4(2)3/h9-24,28-30,32H,6-8,25-27,31H2,1-5H3,(H7-,57,59,60,61,65,66,67,68,69,70,71,72,73,74,75,76,77,78,79,80);/p+1. The molecule has 0 bridgehead atoms. The van der Waals surface area contributed by atoms with E-state index in [-0.39, 0.29) is 51.4 Å². The third-order valence-corrected chi connectivity index (χ3v) is 20.3. The minimum absolute atomic E-state index is 0.0236. The largest absolute Gasteiger partial charge is 0.425 e. The SMILES string of the molecule is CCCC[N+]1=C(/C=C/C(=C/C=C2/N(CCCS(=O)(=O)O)c3ccc4c(S(=O)(=O)O)cc(S(=O)(=O)O)cc4c3C2(C)C)c2ccc(C(=O)NCc3ccc(C(=O)Nc4nnc(S(N)(=O)=O)s4)cc3)cn2)C(C)(C)c2c1ccc1ccc(S(=O)(=O)O)cc21.O=S(=O)=O. The van der Waals surface area contributed by atoms with Crippen LogP contribution in [-0.4, -0.2) is 129 Å². The smallest absolute Gasteiger partial charge is 0.348 e. The zero-order valence-electron chi connectivity index (χ0n) is 48.1. The number of fused-ring (bicyclic) bond motifs is 6. The molecule has 2 amide bonds. The van der Waals surface area contributed by atoms with Gasteiger partial charge in [0.05, 0.1) is 32.2 Å². The summed E-state index contributed by atoms with van der Waals surface area (Å²) in [5, 5.41) is 18.7. The average molecular weight is 1370 g/mol. The number of benzene rings is 5. The first-order valence-electron chi connectivity index (χ1n) is 26.7. The Hall–Kier alpha value is -7.87. The topological polar surface area (TPSA) is 432 Å². The lowest BCUT2D eigenvalue weighted by Crippen LogP contribution is -2.28. The number of unbranched alkanes of at least 4 members (excludes halogenated alkanes) is 1. The highest BCUT2D eigenvalue weighted by Gasteiger charge is 2.46. The number of primary sulfonamides is 1. The van der Waals surface area contributed by atoms with Gasteiger partial charge in [-0.2, -0.15) is 38.2 Å². The summed E-state index contributed by atoms with van der Waals surface area (Å²) in [6, 6.07) is 22.2. The molecule has 2 aromatic heterocycles. The fourth-order valence-electron chi connectivity index (χ4n) is 10.8. The van der Waals surface area contributed by atoms with Crippen molar-refractivity contribution in [3.63, 3.8) is 0 Å². The predicted molar refractivity (Wildman–Crippen MR) is 332 cm³/mol. The fourth-order valence-corrected chi connectivity index (χ4v) is 14.5. The molecule has 90 heavy (non-hydrogen) atoms. The molecule has 9 rings (SSSR count). The summed E-state index contributed by atoms with van der Waals surface area (Å²) in [6.45, 7) is 10.1. The van der Waals surface area contributed by atoms with Crippen molar-refractivity contribution in [1.29, 1.82) is 0 Å². The second-order valence-electron chi connectivity index (χ2n) is 21.6. The molecule has 34 heteroatoms. The minimum Gasteiger partial charge on any atom is -0.348 e. The van der Waals surface area contributed by atoms with Gasteiger partial charge in [-0.1, -0.05) is 68.9 Å². The van der Waals surface area contributed by atoms with Crippen LogP contribution in [-0.2, 0) is 78.5 Å². The maximum absolute atomic E-state index is 13.7. The van der Waals surface area contributed by atoms with E-state index < -0.39 is 104 Å². The molecule has 2 aliphatic heterocycles. The van der Waals surface area contributed by atoms with Crippen LogP contribution in [0.1, 0.15) is 97.0 Å². The van der Waals surface area contributed by atoms with Crippen LogP contribution >= 0.6 is 11.3 Å². The summed E-state index contributed by atoms with van der Waals surface area (Å²) >= 11 is 0.580. The number of hydrogen-bond acceptors (Lipinski definition) is 20. The summed E-state index contributed by atoms with van der Waals surface area (Å²) < 4.78 is 191. The third kappa shape index (κ3) is 15.1.